The van der Waals surface area contributed by atoms with Crippen LogP contribution in [-0.2, 0) is 0 Å². The van der Waals surface area contributed by atoms with Gasteiger partial charge < -0.3 is 5.11 Å². The molecule has 0 aliphatic heterocycles. The lowest BCUT2D eigenvalue weighted by molar-refractivity contribution is 0.0697. The molecule has 1 aromatic heterocycles. The van der Waals surface area contributed by atoms with Crippen LogP contribution >= 0.6 is 11.8 Å². The van der Waals surface area contributed by atoms with Gasteiger partial charge in [0.2, 0.25) is 0 Å². The average Bonchev–Trinajstić information content (AvgIpc) is 2.39. The third kappa shape index (κ3) is 2.84. The summed E-state index contributed by atoms with van der Waals surface area (Å²) in [6, 6.07) is 9.84. The number of aromatic nitrogens is 2. The Bertz CT molecular complexity index is 620. The Kier molecular flexibility index (Phi) is 3.55. The van der Waals surface area contributed by atoms with Crippen LogP contribution in [0, 0.1) is 11.3 Å². The van der Waals surface area contributed by atoms with Crippen molar-refractivity contribution in [2.45, 2.75) is 10.1 Å². The summed E-state index contributed by atoms with van der Waals surface area (Å²) in [6.45, 7) is 0. The summed E-state index contributed by atoms with van der Waals surface area (Å²) in [5.41, 5.74) is 0.528. The van der Waals surface area contributed by atoms with Crippen molar-refractivity contribution < 1.29 is 9.90 Å². The van der Waals surface area contributed by atoms with E-state index in [9.17, 15) is 4.79 Å². The van der Waals surface area contributed by atoms with Crippen molar-refractivity contribution in [3.05, 3.63) is 47.8 Å². The van der Waals surface area contributed by atoms with Crippen molar-refractivity contribution >= 4 is 17.7 Å². The minimum absolute atomic E-state index is 0.228. The van der Waals surface area contributed by atoms with Crippen LogP contribution in [0.3, 0.4) is 0 Å². The second kappa shape index (κ2) is 5.29. The smallest absolute Gasteiger partial charge is 0.335 e. The summed E-state index contributed by atoms with van der Waals surface area (Å²) in [6.07, 6.45) is 1.51. The molecule has 0 saturated carbocycles. The molecule has 0 fully saturated rings. The molecule has 18 heavy (non-hydrogen) atoms. The van der Waals surface area contributed by atoms with Gasteiger partial charge in [-0.1, -0.05) is 0 Å². The van der Waals surface area contributed by atoms with E-state index < -0.39 is 5.97 Å². The lowest BCUT2D eigenvalue weighted by Crippen LogP contribution is -1.95. The Labute approximate surface area is 107 Å². The largest absolute Gasteiger partial charge is 0.478 e. The van der Waals surface area contributed by atoms with Crippen molar-refractivity contribution in [3.8, 4) is 6.07 Å². The minimum atomic E-state index is -0.964. The second-order valence-electron chi connectivity index (χ2n) is 3.27. The maximum atomic E-state index is 10.7. The molecule has 1 N–H and O–H groups in total. The monoisotopic (exact) mass is 257 g/mol. The first-order chi connectivity index (χ1) is 8.69. The van der Waals surface area contributed by atoms with Gasteiger partial charge in [-0.2, -0.15) is 5.26 Å². The topological polar surface area (TPSA) is 86.9 Å². The number of nitriles is 1. The number of hydrogen-bond acceptors (Lipinski definition) is 5. The van der Waals surface area contributed by atoms with Crippen LogP contribution in [0.1, 0.15) is 16.1 Å². The number of carbonyl (C=O) groups is 1. The predicted molar refractivity (Wildman–Crippen MR) is 64.3 cm³/mol. The number of hydrogen-bond donors (Lipinski definition) is 1. The molecular weight excluding hydrogens is 250 g/mol. The van der Waals surface area contributed by atoms with E-state index in [-0.39, 0.29) is 5.56 Å². The van der Waals surface area contributed by atoms with Crippen molar-refractivity contribution in [1.82, 2.24) is 9.97 Å². The van der Waals surface area contributed by atoms with E-state index >= 15 is 0 Å². The zero-order chi connectivity index (χ0) is 13.0. The summed E-state index contributed by atoms with van der Waals surface area (Å²) >= 11 is 1.27. The SMILES string of the molecule is N#Cc1ccnc(Sc2ccc(C(=O)O)cc2)n1. The molecule has 5 nitrogen and oxygen atoms in total. The van der Waals surface area contributed by atoms with Crippen LogP contribution in [0.25, 0.3) is 0 Å². The lowest BCUT2D eigenvalue weighted by atomic mass is 10.2. The number of aromatic carboxylic acids is 1. The van der Waals surface area contributed by atoms with Gasteiger partial charge in [-0.15, -0.1) is 0 Å². The molecule has 6 heteroatoms. The van der Waals surface area contributed by atoms with Crippen LogP contribution in [0.2, 0.25) is 0 Å². The normalized spacial score (nSPS) is 9.72. The van der Waals surface area contributed by atoms with Gasteiger partial charge >= 0.3 is 5.97 Å². The molecule has 0 atom stereocenters. The molecule has 1 aromatic carbocycles. The van der Waals surface area contributed by atoms with Crippen molar-refractivity contribution in [2.24, 2.45) is 0 Å². The van der Waals surface area contributed by atoms with Gasteiger partial charge in [0.1, 0.15) is 11.8 Å². The summed E-state index contributed by atoms with van der Waals surface area (Å²) in [4.78, 5) is 19.5. The molecule has 1 heterocycles. The average molecular weight is 257 g/mol. The number of benzene rings is 1. The van der Waals surface area contributed by atoms with Gasteiger partial charge in [-0.25, -0.2) is 14.8 Å². The fourth-order valence-corrected chi connectivity index (χ4v) is 1.96. The third-order valence-corrected chi connectivity index (χ3v) is 2.95. The van der Waals surface area contributed by atoms with Crippen molar-refractivity contribution in [1.29, 1.82) is 5.26 Å². The summed E-state index contributed by atoms with van der Waals surface area (Å²) in [5.74, 6) is -0.964. The molecule has 0 aliphatic carbocycles. The highest BCUT2D eigenvalue weighted by atomic mass is 32.2. The standard InChI is InChI=1S/C12H7N3O2S/c13-7-9-5-6-14-12(15-9)18-10-3-1-8(2-4-10)11(16)17/h1-6H,(H,16,17). The van der Waals surface area contributed by atoms with E-state index in [4.69, 9.17) is 10.4 Å². The maximum Gasteiger partial charge on any atom is 0.335 e. The maximum absolute atomic E-state index is 10.7. The van der Waals surface area contributed by atoms with E-state index in [0.29, 0.717) is 10.9 Å². The first-order valence-electron chi connectivity index (χ1n) is 4.93. The molecule has 0 unspecified atom stereocenters. The van der Waals surface area contributed by atoms with Crippen molar-refractivity contribution in [3.63, 3.8) is 0 Å². The molecule has 0 saturated heterocycles. The van der Waals surface area contributed by atoms with E-state index in [1.54, 1.807) is 12.1 Å². The third-order valence-electron chi connectivity index (χ3n) is 2.06. The Morgan fingerprint density at radius 1 is 1.28 bits per heavy atom. The number of carboxylic acid groups (broad SMARTS) is 1. The van der Waals surface area contributed by atoms with E-state index in [2.05, 4.69) is 9.97 Å². The van der Waals surface area contributed by atoms with Crippen molar-refractivity contribution in [2.75, 3.05) is 0 Å². The lowest BCUT2D eigenvalue weighted by Gasteiger charge is -2.00. The zero-order valence-corrected chi connectivity index (χ0v) is 9.89. The zero-order valence-electron chi connectivity index (χ0n) is 9.07. The van der Waals surface area contributed by atoms with Gasteiger partial charge in [0, 0.05) is 11.1 Å². The molecule has 2 aromatic rings. The van der Waals surface area contributed by atoms with E-state index in [1.165, 1.54) is 36.2 Å². The second-order valence-corrected chi connectivity index (χ2v) is 4.31. The summed E-state index contributed by atoms with van der Waals surface area (Å²) in [7, 11) is 0. The highest BCUT2D eigenvalue weighted by molar-refractivity contribution is 7.99. The Morgan fingerprint density at radius 3 is 2.61 bits per heavy atom. The van der Waals surface area contributed by atoms with Gasteiger partial charge in [0.15, 0.2) is 5.16 Å². The summed E-state index contributed by atoms with van der Waals surface area (Å²) in [5, 5.41) is 17.9. The number of carboxylic acids is 1. The fourth-order valence-electron chi connectivity index (χ4n) is 1.22. The Morgan fingerprint density at radius 2 is 2.00 bits per heavy atom. The van der Waals surface area contributed by atoms with Crippen LogP contribution in [0.5, 0.6) is 0 Å². The molecule has 0 bridgehead atoms. The predicted octanol–water partition coefficient (Wildman–Crippen LogP) is 2.20. The van der Waals surface area contributed by atoms with Gasteiger partial charge in [-0.05, 0) is 42.1 Å². The molecule has 0 radical (unpaired) electrons. The summed E-state index contributed by atoms with van der Waals surface area (Å²) < 4.78 is 0. The molecule has 2 rings (SSSR count). The highest BCUT2D eigenvalue weighted by Gasteiger charge is 2.04. The molecule has 0 spiro atoms. The Balaban J connectivity index is 2.18. The first kappa shape index (κ1) is 12.1. The Hall–Kier alpha value is -2.39. The van der Waals surface area contributed by atoms with Crippen LogP contribution in [-0.4, -0.2) is 21.0 Å². The van der Waals surface area contributed by atoms with Gasteiger partial charge in [0.05, 0.1) is 5.56 Å². The quantitative estimate of drug-likeness (QED) is 0.848. The molecule has 0 aliphatic rings. The highest BCUT2D eigenvalue weighted by Crippen LogP contribution is 2.24. The molecular formula is C12H7N3O2S. The first-order valence-corrected chi connectivity index (χ1v) is 5.75. The molecule has 0 amide bonds. The van der Waals surface area contributed by atoms with Gasteiger partial charge in [0.25, 0.3) is 0 Å². The van der Waals surface area contributed by atoms with E-state index in [1.807, 2.05) is 6.07 Å². The van der Waals surface area contributed by atoms with Crippen LogP contribution in [0.15, 0.2) is 46.6 Å². The fraction of sp³-hybridized carbons (Fsp3) is 0. The minimum Gasteiger partial charge on any atom is -0.478 e. The molecule has 88 valence electrons. The number of nitrogens with zero attached hydrogens (tertiary/aromatic N) is 3. The van der Waals surface area contributed by atoms with E-state index in [0.717, 1.165) is 4.90 Å². The number of rotatable bonds is 3. The van der Waals surface area contributed by atoms with Crippen LogP contribution in [0.4, 0.5) is 0 Å². The van der Waals surface area contributed by atoms with Crippen LogP contribution < -0.4 is 0 Å². The van der Waals surface area contributed by atoms with Gasteiger partial charge in [-0.3, -0.25) is 0 Å².